The molecule has 8 heteroatoms. The predicted molar refractivity (Wildman–Crippen MR) is 127 cm³/mol. The third-order valence-electron chi connectivity index (χ3n) is 11.0. The van der Waals surface area contributed by atoms with Gasteiger partial charge in [0.1, 0.15) is 17.3 Å². The summed E-state index contributed by atoms with van der Waals surface area (Å²) in [6.07, 6.45) is 0.726. The van der Waals surface area contributed by atoms with Crippen LogP contribution in [-0.4, -0.2) is 51.8 Å². The Balaban J connectivity index is 1.37. The topological polar surface area (TPSA) is 110 Å². The van der Waals surface area contributed by atoms with Crippen molar-refractivity contribution in [1.29, 1.82) is 0 Å². The van der Waals surface area contributed by atoms with E-state index in [1.165, 1.54) is 6.07 Å². The van der Waals surface area contributed by atoms with Crippen LogP contribution in [0.2, 0.25) is 5.02 Å². The van der Waals surface area contributed by atoms with Crippen molar-refractivity contribution < 1.29 is 34.1 Å². The van der Waals surface area contributed by atoms with Crippen LogP contribution in [0.25, 0.3) is 0 Å². The van der Waals surface area contributed by atoms with Crippen LogP contribution in [0.4, 0.5) is 0 Å². The number of esters is 1. The second-order valence-corrected chi connectivity index (χ2v) is 12.8. The summed E-state index contributed by atoms with van der Waals surface area (Å²) in [5.41, 5.74) is -4.00. The number of rotatable bonds is 2. The van der Waals surface area contributed by atoms with Gasteiger partial charge in [-0.3, -0.25) is 9.59 Å². The zero-order chi connectivity index (χ0) is 25.6. The molecular weight excluding hydrogens is 484 g/mol. The van der Waals surface area contributed by atoms with E-state index in [-0.39, 0.29) is 28.9 Å². The average Bonchev–Trinajstić information content (AvgIpc) is 2.84. The molecule has 1 aromatic rings. The van der Waals surface area contributed by atoms with Gasteiger partial charge in [-0.15, -0.1) is 0 Å². The number of fused-ring (bicyclic) bond motifs is 1. The standard InChI is InChI=1S/C28H29ClO7/c1-13-14-8-9-17-25-12-35-28(34,21(31)20(25)24(2,3)11-10-18(25)30)26(17)19(14)27(13,23(26)33)36-22(32)15-6-4-5-7-16(15)29/h4-7,14,17,19-21,31,34H,1,8-12H2,2-3H3. The maximum Gasteiger partial charge on any atom is 0.340 e. The molecule has 190 valence electrons. The van der Waals surface area contributed by atoms with Gasteiger partial charge < -0.3 is 19.7 Å². The number of carbonyl (C=O) groups is 3. The van der Waals surface area contributed by atoms with Crippen LogP contribution in [0.3, 0.4) is 0 Å². The van der Waals surface area contributed by atoms with Crippen LogP contribution in [0.15, 0.2) is 36.4 Å². The van der Waals surface area contributed by atoms with Gasteiger partial charge in [0.15, 0.2) is 11.4 Å². The van der Waals surface area contributed by atoms with E-state index in [0.717, 1.165) is 0 Å². The van der Waals surface area contributed by atoms with E-state index in [4.69, 9.17) is 21.1 Å². The third-order valence-corrected chi connectivity index (χ3v) is 11.3. The van der Waals surface area contributed by atoms with Crippen molar-refractivity contribution in [2.24, 2.45) is 39.9 Å². The number of aliphatic hydroxyl groups is 2. The van der Waals surface area contributed by atoms with Gasteiger partial charge in [0, 0.05) is 18.3 Å². The quantitative estimate of drug-likeness (QED) is 0.463. The molecular formula is C28H29ClO7. The van der Waals surface area contributed by atoms with E-state index in [2.05, 4.69) is 6.58 Å². The highest BCUT2D eigenvalue weighted by atomic mass is 35.5. The smallest absolute Gasteiger partial charge is 0.340 e. The first-order chi connectivity index (χ1) is 16.9. The summed E-state index contributed by atoms with van der Waals surface area (Å²) in [5, 5.41) is 24.0. The normalized spacial score (nSPS) is 49.2. The highest BCUT2D eigenvalue weighted by Gasteiger charge is 2.97. The Hall–Kier alpha value is -2.06. The van der Waals surface area contributed by atoms with Crippen LogP contribution < -0.4 is 0 Å². The van der Waals surface area contributed by atoms with Gasteiger partial charge >= 0.3 is 5.97 Å². The van der Waals surface area contributed by atoms with E-state index in [9.17, 15) is 24.6 Å². The van der Waals surface area contributed by atoms with Crippen molar-refractivity contribution in [3.63, 3.8) is 0 Å². The minimum atomic E-state index is -2.17. The molecule has 0 radical (unpaired) electrons. The van der Waals surface area contributed by atoms with Gasteiger partial charge in [-0.1, -0.05) is 44.2 Å². The number of hydrogen-bond donors (Lipinski definition) is 2. The molecule has 1 aromatic carbocycles. The lowest BCUT2D eigenvalue weighted by molar-refractivity contribution is -0.465. The largest absolute Gasteiger partial charge is 0.442 e. The highest BCUT2D eigenvalue weighted by Crippen LogP contribution is 2.85. The molecule has 8 rings (SSSR count). The zero-order valence-electron chi connectivity index (χ0n) is 20.3. The second-order valence-electron chi connectivity index (χ2n) is 12.4. The minimum absolute atomic E-state index is 0.00744. The fraction of sp³-hybridized carbons (Fsp3) is 0.607. The Bertz CT molecular complexity index is 1290. The fourth-order valence-corrected chi connectivity index (χ4v) is 9.95. The lowest BCUT2D eigenvalue weighted by atomic mass is 9.21. The molecule has 2 saturated heterocycles. The van der Waals surface area contributed by atoms with E-state index in [1.807, 2.05) is 13.8 Å². The summed E-state index contributed by atoms with van der Waals surface area (Å²) in [5.74, 6) is -5.27. The number of ether oxygens (including phenoxy) is 2. The lowest BCUT2D eigenvalue weighted by Crippen LogP contribution is -2.96. The second kappa shape index (κ2) is 6.49. The summed E-state index contributed by atoms with van der Waals surface area (Å²) in [6.45, 7) is 8.14. The Morgan fingerprint density at radius 2 is 1.92 bits per heavy atom. The molecule has 2 heterocycles. The number of halogens is 1. The highest BCUT2D eigenvalue weighted by molar-refractivity contribution is 6.33. The zero-order valence-corrected chi connectivity index (χ0v) is 21.0. The Morgan fingerprint density at radius 1 is 1.19 bits per heavy atom. The van der Waals surface area contributed by atoms with Crippen molar-refractivity contribution in [2.75, 3.05) is 6.61 Å². The van der Waals surface area contributed by atoms with Gasteiger partial charge in [0.05, 0.1) is 22.6 Å². The lowest BCUT2D eigenvalue weighted by Gasteiger charge is -2.83. The van der Waals surface area contributed by atoms with Crippen molar-refractivity contribution in [3.8, 4) is 0 Å². The number of aliphatic hydroxyl groups excluding tert-OH is 1. The number of carbonyl (C=O) groups excluding carboxylic acids is 3. The number of ketones is 2. The van der Waals surface area contributed by atoms with E-state index >= 15 is 0 Å². The summed E-state index contributed by atoms with van der Waals surface area (Å²) in [7, 11) is 0. The SMILES string of the molecule is C=C1C2CCC3C45COC(O)(C(O)C4C(C)(C)CCC5=O)C34C(=O)C1(OC(=O)c1ccccc1Cl)C24. The van der Waals surface area contributed by atoms with E-state index in [1.54, 1.807) is 18.2 Å². The predicted octanol–water partition coefficient (Wildman–Crippen LogP) is 3.10. The van der Waals surface area contributed by atoms with Crippen molar-refractivity contribution in [3.05, 3.63) is 47.0 Å². The van der Waals surface area contributed by atoms with E-state index in [0.29, 0.717) is 31.3 Å². The Kier molecular flexibility index (Phi) is 4.16. The fourth-order valence-electron chi connectivity index (χ4n) is 9.74. The molecule has 5 saturated carbocycles. The average molecular weight is 513 g/mol. The molecule has 2 aliphatic heterocycles. The van der Waals surface area contributed by atoms with Gasteiger partial charge in [-0.25, -0.2) is 4.79 Å². The molecule has 0 aromatic heterocycles. The summed E-state index contributed by atoms with van der Waals surface area (Å²) in [4.78, 5) is 41.3. The van der Waals surface area contributed by atoms with Crippen molar-refractivity contribution in [2.45, 2.75) is 57.0 Å². The van der Waals surface area contributed by atoms with Crippen molar-refractivity contribution in [1.82, 2.24) is 0 Å². The molecule has 2 N–H and O–H groups in total. The molecule has 2 spiro atoms. The third kappa shape index (κ3) is 2.02. The van der Waals surface area contributed by atoms with Gasteiger partial charge in [-0.05, 0) is 54.2 Å². The Morgan fingerprint density at radius 3 is 2.64 bits per heavy atom. The molecule has 7 nitrogen and oxygen atoms in total. The Labute approximate surface area is 213 Å². The number of Topliss-reactive ketones (excluding diaryl/α,β-unsaturated/α-hetero) is 2. The maximum atomic E-state index is 14.4. The molecule has 2 bridgehead atoms. The minimum Gasteiger partial charge on any atom is -0.442 e. The van der Waals surface area contributed by atoms with Crippen molar-refractivity contribution >= 4 is 29.1 Å². The van der Waals surface area contributed by atoms with Crippen LogP contribution in [0.5, 0.6) is 0 Å². The molecule has 36 heavy (non-hydrogen) atoms. The van der Waals surface area contributed by atoms with Crippen LogP contribution in [-0.2, 0) is 19.1 Å². The summed E-state index contributed by atoms with van der Waals surface area (Å²) >= 11 is 6.21. The monoisotopic (exact) mass is 512 g/mol. The summed E-state index contributed by atoms with van der Waals surface area (Å²) < 4.78 is 11.9. The first kappa shape index (κ1) is 23.1. The molecule has 5 aliphatic carbocycles. The van der Waals surface area contributed by atoms with Gasteiger partial charge in [0.25, 0.3) is 0 Å². The first-order valence-corrected chi connectivity index (χ1v) is 13.1. The maximum absolute atomic E-state index is 14.4. The summed E-state index contributed by atoms with van der Waals surface area (Å²) in [6, 6.07) is 6.44. The van der Waals surface area contributed by atoms with Gasteiger partial charge in [0.2, 0.25) is 5.79 Å². The van der Waals surface area contributed by atoms with Crippen LogP contribution in [0, 0.1) is 39.9 Å². The van der Waals surface area contributed by atoms with Crippen LogP contribution >= 0.6 is 11.6 Å². The molecule has 7 fully saturated rings. The molecule has 9 atom stereocenters. The number of hydrogen-bond acceptors (Lipinski definition) is 7. The molecule has 9 unspecified atom stereocenters. The molecule has 0 amide bonds. The van der Waals surface area contributed by atoms with Crippen LogP contribution in [0.1, 0.15) is 49.9 Å². The molecule has 7 aliphatic rings. The van der Waals surface area contributed by atoms with Gasteiger partial charge in [-0.2, -0.15) is 0 Å². The number of benzene rings is 1. The van der Waals surface area contributed by atoms with E-state index < -0.39 is 63.2 Å². The first-order valence-electron chi connectivity index (χ1n) is 12.7.